The van der Waals surface area contributed by atoms with E-state index in [1.807, 2.05) is 24.3 Å². The minimum absolute atomic E-state index is 0.461. The molecule has 122 valence electrons. The smallest absolute Gasteiger partial charge is 0.151 e. The lowest BCUT2D eigenvalue weighted by atomic mass is 10.1. The molecule has 1 fully saturated rings. The number of nitrogens with zero attached hydrogens (tertiary/aromatic N) is 4. The predicted octanol–water partition coefficient (Wildman–Crippen LogP) is 3.88. The number of anilines is 1. The highest BCUT2D eigenvalue weighted by molar-refractivity contribution is 6.35. The number of hydrogen-bond acceptors (Lipinski definition) is 4. The van der Waals surface area contributed by atoms with Crippen molar-refractivity contribution < 1.29 is 0 Å². The van der Waals surface area contributed by atoms with Crippen LogP contribution >= 0.6 is 23.2 Å². The Hall–Kier alpha value is -1.36. The highest BCUT2D eigenvalue weighted by Crippen LogP contribution is 2.25. The van der Waals surface area contributed by atoms with E-state index in [1.165, 1.54) is 12.8 Å². The minimum Gasteiger partial charge on any atom is -0.351 e. The fraction of sp³-hybridized carbons (Fsp3) is 0.412. The molecule has 0 N–H and O–H groups in total. The molecule has 6 heteroatoms. The summed E-state index contributed by atoms with van der Waals surface area (Å²) >= 11 is 12.2. The number of benzene rings is 1. The molecule has 0 radical (unpaired) electrons. The third-order valence-corrected chi connectivity index (χ3v) is 4.79. The fourth-order valence-corrected chi connectivity index (χ4v) is 3.61. The first kappa shape index (κ1) is 16.5. The molecule has 0 spiro atoms. The van der Waals surface area contributed by atoms with Crippen molar-refractivity contribution in [3.8, 4) is 0 Å². The van der Waals surface area contributed by atoms with Crippen molar-refractivity contribution in [2.75, 3.05) is 25.0 Å². The first-order valence-corrected chi connectivity index (χ1v) is 8.56. The van der Waals surface area contributed by atoms with Gasteiger partial charge in [0.2, 0.25) is 0 Å². The molecule has 1 aromatic heterocycles. The largest absolute Gasteiger partial charge is 0.351 e. The highest BCUT2D eigenvalue weighted by atomic mass is 35.5. The van der Waals surface area contributed by atoms with Gasteiger partial charge in [-0.05, 0) is 49.7 Å². The average Bonchev–Trinajstić information content (AvgIpc) is 2.99. The Bertz CT molecular complexity index is 650. The summed E-state index contributed by atoms with van der Waals surface area (Å²) in [6, 6.07) is 10.1. The monoisotopic (exact) mass is 350 g/mol. The van der Waals surface area contributed by atoms with Crippen LogP contribution in [0.1, 0.15) is 18.4 Å². The van der Waals surface area contributed by atoms with Crippen molar-refractivity contribution in [2.24, 2.45) is 0 Å². The van der Waals surface area contributed by atoms with Crippen LogP contribution in [0.15, 0.2) is 36.5 Å². The van der Waals surface area contributed by atoms with E-state index in [0.717, 1.165) is 36.0 Å². The maximum atomic E-state index is 6.28. The molecule has 0 bridgehead atoms. The quantitative estimate of drug-likeness (QED) is 0.818. The molecular weight excluding hydrogens is 331 g/mol. The Balaban J connectivity index is 1.64. The summed E-state index contributed by atoms with van der Waals surface area (Å²) < 4.78 is 0. The molecule has 1 saturated heterocycles. The van der Waals surface area contributed by atoms with Gasteiger partial charge in [0.05, 0.1) is 0 Å². The number of rotatable bonds is 5. The third kappa shape index (κ3) is 4.14. The predicted molar refractivity (Wildman–Crippen MR) is 95.2 cm³/mol. The Morgan fingerprint density at radius 3 is 2.91 bits per heavy atom. The summed E-state index contributed by atoms with van der Waals surface area (Å²) in [5.74, 6) is 0.966. The molecule has 1 unspecified atom stereocenters. The summed E-state index contributed by atoms with van der Waals surface area (Å²) in [5.41, 5.74) is 1.10. The van der Waals surface area contributed by atoms with Crippen LogP contribution in [0.3, 0.4) is 0 Å². The van der Waals surface area contributed by atoms with Crippen LogP contribution in [0.2, 0.25) is 10.0 Å². The summed E-state index contributed by atoms with van der Waals surface area (Å²) in [6.07, 6.45) is 4.08. The van der Waals surface area contributed by atoms with Crippen molar-refractivity contribution >= 4 is 29.0 Å². The summed E-state index contributed by atoms with van der Waals surface area (Å²) in [7, 11) is 2.12. The van der Waals surface area contributed by atoms with Crippen LogP contribution in [0.25, 0.3) is 0 Å². The molecule has 0 amide bonds. The molecule has 1 atom stereocenters. The second kappa shape index (κ2) is 7.47. The van der Waals surface area contributed by atoms with E-state index in [9.17, 15) is 0 Å². The van der Waals surface area contributed by atoms with Crippen LogP contribution in [-0.4, -0.2) is 41.3 Å². The van der Waals surface area contributed by atoms with E-state index in [1.54, 1.807) is 12.3 Å². The zero-order valence-corrected chi connectivity index (χ0v) is 14.6. The van der Waals surface area contributed by atoms with E-state index in [-0.39, 0.29) is 0 Å². The fourth-order valence-electron chi connectivity index (χ4n) is 3.14. The molecule has 3 rings (SSSR count). The maximum absolute atomic E-state index is 6.28. The van der Waals surface area contributed by atoms with E-state index in [4.69, 9.17) is 23.2 Å². The van der Waals surface area contributed by atoms with Crippen molar-refractivity contribution in [3.63, 3.8) is 0 Å². The normalized spacial score (nSPS) is 17.9. The lowest BCUT2D eigenvalue weighted by Crippen LogP contribution is -2.39. The van der Waals surface area contributed by atoms with E-state index >= 15 is 0 Å². The Morgan fingerprint density at radius 1 is 1.30 bits per heavy atom. The van der Waals surface area contributed by atoms with Gasteiger partial charge in [-0.15, -0.1) is 5.10 Å². The van der Waals surface area contributed by atoms with Crippen molar-refractivity contribution in [3.05, 3.63) is 52.1 Å². The van der Waals surface area contributed by atoms with Crippen LogP contribution in [-0.2, 0) is 6.54 Å². The van der Waals surface area contributed by atoms with Gasteiger partial charge in [-0.3, -0.25) is 0 Å². The summed E-state index contributed by atoms with van der Waals surface area (Å²) in [5, 5.41) is 9.64. The molecule has 1 aliphatic rings. The minimum atomic E-state index is 0.461. The van der Waals surface area contributed by atoms with Gasteiger partial charge < -0.3 is 9.80 Å². The van der Waals surface area contributed by atoms with Crippen molar-refractivity contribution in [1.29, 1.82) is 0 Å². The van der Waals surface area contributed by atoms with Crippen LogP contribution in [0.5, 0.6) is 0 Å². The lowest BCUT2D eigenvalue weighted by Gasteiger charge is -2.29. The van der Waals surface area contributed by atoms with Crippen LogP contribution in [0, 0.1) is 0 Å². The zero-order chi connectivity index (χ0) is 16.2. The third-order valence-electron chi connectivity index (χ3n) is 4.21. The van der Waals surface area contributed by atoms with Crippen molar-refractivity contribution in [2.45, 2.75) is 25.4 Å². The van der Waals surface area contributed by atoms with Gasteiger partial charge in [-0.25, -0.2) is 0 Å². The highest BCUT2D eigenvalue weighted by Gasteiger charge is 2.26. The Kier molecular flexibility index (Phi) is 5.36. The lowest BCUT2D eigenvalue weighted by molar-refractivity contribution is 0.303. The van der Waals surface area contributed by atoms with E-state index in [2.05, 4.69) is 27.0 Å². The first-order valence-electron chi connectivity index (χ1n) is 7.80. The van der Waals surface area contributed by atoms with Gasteiger partial charge in [0, 0.05) is 41.9 Å². The standard InChI is InChI=1S/C17H20Cl2N4/c1-22(11-13-6-7-14(18)10-16(13)19)12-15-4-3-9-23(15)17-5-2-8-20-21-17/h2,5-8,10,15H,3-4,9,11-12H2,1H3. The zero-order valence-electron chi connectivity index (χ0n) is 13.1. The topological polar surface area (TPSA) is 32.3 Å². The van der Waals surface area contributed by atoms with Crippen LogP contribution in [0.4, 0.5) is 5.82 Å². The second-order valence-electron chi connectivity index (χ2n) is 6.00. The van der Waals surface area contributed by atoms with Gasteiger partial charge in [-0.1, -0.05) is 29.3 Å². The first-order chi connectivity index (χ1) is 11.1. The van der Waals surface area contributed by atoms with Crippen LogP contribution < -0.4 is 4.90 Å². The number of halogens is 2. The molecule has 23 heavy (non-hydrogen) atoms. The molecule has 1 aromatic carbocycles. The van der Waals surface area contributed by atoms with Crippen molar-refractivity contribution in [1.82, 2.24) is 15.1 Å². The summed E-state index contributed by atoms with van der Waals surface area (Å²) in [4.78, 5) is 4.65. The molecule has 2 heterocycles. The maximum Gasteiger partial charge on any atom is 0.151 e. The van der Waals surface area contributed by atoms with Gasteiger partial charge >= 0.3 is 0 Å². The van der Waals surface area contributed by atoms with Gasteiger partial charge in [0.25, 0.3) is 0 Å². The molecular formula is C17H20Cl2N4. The Morgan fingerprint density at radius 2 is 2.17 bits per heavy atom. The summed E-state index contributed by atoms with van der Waals surface area (Å²) in [6.45, 7) is 2.81. The number of likely N-dealkylation sites (N-methyl/N-ethyl adjacent to an activating group) is 1. The molecule has 1 aliphatic heterocycles. The second-order valence-corrected chi connectivity index (χ2v) is 6.85. The number of hydrogen-bond donors (Lipinski definition) is 0. The number of aromatic nitrogens is 2. The Labute approximate surface area is 147 Å². The van der Waals surface area contributed by atoms with Gasteiger partial charge in [0.15, 0.2) is 5.82 Å². The molecule has 4 nitrogen and oxygen atoms in total. The molecule has 2 aromatic rings. The van der Waals surface area contributed by atoms with Gasteiger partial charge in [-0.2, -0.15) is 5.10 Å². The molecule has 0 aliphatic carbocycles. The molecule has 0 saturated carbocycles. The van der Waals surface area contributed by atoms with Gasteiger partial charge in [0.1, 0.15) is 0 Å². The van der Waals surface area contributed by atoms with E-state index in [0.29, 0.717) is 11.1 Å². The average molecular weight is 351 g/mol. The van der Waals surface area contributed by atoms with E-state index < -0.39 is 0 Å². The SMILES string of the molecule is CN(Cc1ccc(Cl)cc1Cl)CC1CCCN1c1cccnn1.